The average Bonchev–Trinajstić information content (AvgIpc) is 3.55. The largest absolute Gasteiger partial charge is 0.457 e. The van der Waals surface area contributed by atoms with Crippen molar-refractivity contribution in [2.75, 3.05) is 11.9 Å². The lowest BCUT2D eigenvalue weighted by Gasteiger charge is -2.14. The quantitative estimate of drug-likeness (QED) is 0.247. The van der Waals surface area contributed by atoms with Gasteiger partial charge in [0.15, 0.2) is 0 Å². The summed E-state index contributed by atoms with van der Waals surface area (Å²) in [6.07, 6.45) is -1.79. The third-order valence-electron chi connectivity index (χ3n) is 6.37. The molecule has 1 aromatic heterocycles. The maximum Gasteiger partial charge on any atom is 0.390 e. The second-order valence-electron chi connectivity index (χ2n) is 9.50. The summed E-state index contributed by atoms with van der Waals surface area (Å²) in [6, 6.07) is 13.0. The molecule has 38 heavy (non-hydrogen) atoms. The van der Waals surface area contributed by atoms with Crippen LogP contribution in [0, 0.1) is 19.7 Å². The van der Waals surface area contributed by atoms with E-state index in [0.29, 0.717) is 45.0 Å². The van der Waals surface area contributed by atoms with Crippen molar-refractivity contribution in [2.45, 2.75) is 45.3 Å². The molecule has 5 rings (SSSR count). The van der Waals surface area contributed by atoms with Crippen molar-refractivity contribution in [1.82, 2.24) is 14.9 Å². The number of ether oxygens (including phenoxy) is 1. The van der Waals surface area contributed by atoms with Crippen LogP contribution >= 0.6 is 0 Å². The van der Waals surface area contributed by atoms with E-state index in [9.17, 15) is 22.4 Å². The number of carbonyl (C=O) groups excluding carboxylic acids is 1. The average molecular weight is 527 g/mol. The molecular weight excluding hydrogens is 500 g/mol. The van der Waals surface area contributed by atoms with Crippen LogP contribution in [0.15, 0.2) is 54.9 Å². The van der Waals surface area contributed by atoms with Gasteiger partial charge in [-0.3, -0.25) is 9.36 Å². The maximum atomic E-state index is 13.9. The number of carbonyl (C=O) groups is 1. The topological polar surface area (TPSA) is 68.2 Å². The number of halogens is 4. The molecule has 3 aromatic carbocycles. The van der Waals surface area contributed by atoms with E-state index in [1.54, 1.807) is 48.1 Å². The van der Waals surface area contributed by atoms with E-state index in [1.165, 1.54) is 12.1 Å². The molecule has 10 heteroatoms. The normalized spacial score (nSPS) is 13.5. The second-order valence-corrected chi connectivity index (χ2v) is 9.50. The number of aryl methyl sites for hydroxylation is 2. The first-order valence-electron chi connectivity index (χ1n) is 12.2. The van der Waals surface area contributed by atoms with Crippen LogP contribution in [0.3, 0.4) is 0 Å². The molecule has 0 unspecified atom stereocenters. The number of aromatic nitrogens is 2. The Kier molecular flexibility index (Phi) is 6.73. The van der Waals surface area contributed by atoms with E-state index in [1.807, 2.05) is 13.0 Å². The number of amides is 1. The summed E-state index contributed by atoms with van der Waals surface area (Å²) in [5.74, 6) is 0.00372. The monoisotopic (exact) mass is 526 g/mol. The Hall–Kier alpha value is -4.08. The number of nitrogens with one attached hydrogen (secondary N) is 2. The molecule has 0 spiro atoms. The van der Waals surface area contributed by atoms with E-state index >= 15 is 0 Å². The van der Waals surface area contributed by atoms with Gasteiger partial charge in [-0.05, 0) is 62.1 Å². The molecule has 1 amide bonds. The van der Waals surface area contributed by atoms with Crippen LogP contribution in [0.25, 0.3) is 16.7 Å². The summed E-state index contributed by atoms with van der Waals surface area (Å²) in [5.41, 5.74) is 4.13. The molecule has 2 N–H and O–H groups in total. The van der Waals surface area contributed by atoms with Gasteiger partial charge in [0, 0.05) is 42.0 Å². The molecule has 1 heterocycles. The SMILES string of the molecule is Cc1ccc(F)cc1Oc1cc(NCCC(F)(F)F)c2ncn(-c3ccc(C(=O)NC4CC4)c(C)c3)c2c1. The highest BCUT2D eigenvalue weighted by Crippen LogP contribution is 2.34. The summed E-state index contributed by atoms with van der Waals surface area (Å²) in [4.78, 5) is 17.0. The number of benzene rings is 3. The maximum absolute atomic E-state index is 13.9. The minimum Gasteiger partial charge on any atom is -0.457 e. The molecule has 1 fully saturated rings. The highest BCUT2D eigenvalue weighted by atomic mass is 19.4. The number of imidazole rings is 1. The Balaban J connectivity index is 1.53. The van der Waals surface area contributed by atoms with Crippen molar-refractivity contribution in [3.8, 4) is 17.2 Å². The zero-order valence-corrected chi connectivity index (χ0v) is 20.8. The van der Waals surface area contributed by atoms with Gasteiger partial charge in [0.05, 0.1) is 17.6 Å². The number of rotatable bonds is 8. The zero-order valence-electron chi connectivity index (χ0n) is 20.8. The summed E-state index contributed by atoms with van der Waals surface area (Å²) >= 11 is 0. The van der Waals surface area contributed by atoms with Crippen LogP contribution in [0.1, 0.15) is 40.7 Å². The Bertz CT molecular complexity index is 1510. The van der Waals surface area contributed by atoms with Gasteiger partial charge in [-0.1, -0.05) is 6.07 Å². The smallest absolute Gasteiger partial charge is 0.390 e. The minimum absolute atomic E-state index is 0.121. The van der Waals surface area contributed by atoms with Gasteiger partial charge in [-0.25, -0.2) is 9.37 Å². The minimum atomic E-state index is -4.32. The Morgan fingerprint density at radius 2 is 1.87 bits per heavy atom. The van der Waals surface area contributed by atoms with Gasteiger partial charge in [0.2, 0.25) is 0 Å². The highest BCUT2D eigenvalue weighted by molar-refractivity contribution is 5.96. The molecule has 4 aromatic rings. The van der Waals surface area contributed by atoms with Gasteiger partial charge in [0.25, 0.3) is 5.91 Å². The molecule has 198 valence electrons. The first-order valence-corrected chi connectivity index (χ1v) is 12.2. The molecule has 1 aliphatic carbocycles. The number of hydrogen-bond donors (Lipinski definition) is 2. The van der Waals surface area contributed by atoms with Crippen molar-refractivity contribution >= 4 is 22.6 Å². The molecular formula is C28H26F4N4O2. The number of fused-ring (bicyclic) bond motifs is 1. The number of nitrogens with zero attached hydrogens (tertiary/aromatic N) is 2. The van der Waals surface area contributed by atoms with Gasteiger partial charge in [0.1, 0.15) is 29.2 Å². The van der Waals surface area contributed by atoms with Gasteiger partial charge in [-0.15, -0.1) is 0 Å². The van der Waals surface area contributed by atoms with E-state index in [2.05, 4.69) is 15.6 Å². The zero-order chi connectivity index (χ0) is 27.0. The van der Waals surface area contributed by atoms with Crippen LogP contribution in [0.5, 0.6) is 11.5 Å². The third-order valence-corrected chi connectivity index (χ3v) is 6.37. The van der Waals surface area contributed by atoms with E-state index in [0.717, 1.165) is 18.4 Å². The standard InChI is InChI=1S/C28H26F4N4O2/c1-16-3-4-18(29)12-25(16)38-21-13-23(33-10-9-28(30,31)32)26-24(14-21)36(15-34-26)20-7-8-22(17(2)11-20)27(37)35-19-5-6-19/h3-4,7-8,11-15,19,33H,5-6,9-10H2,1-2H3,(H,35,37). The van der Waals surface area contributed by atoms with Gasteiger partial charge >= 0.3 is 6.18 Å². The van der Waals surface area contributed by atoms with Crippen molar-refractivity contribution in [1.29, 1.82) is 0 Å². The van der Waals surface area contributed by atoms with Crippen LogP contribution < -0.4 is 15.4 Å². The molecule has 0 atom stereocenters. The molecule has 1 saturated carbocycles. The molecule has 1 aliphatic rings. The lowest BCUT2D eigenvalue weighted by molar-refractivity contribution is -0.131. The van der Waals surface area contributed by atoms with Crippen LogP contribution in [-0.4, -0.2) is 34.2 Å². The highest BCUT2D eigenvalue weighted by Gasteiger charge is 2.27. The number of hydrogen-bond acceptors (Lipinski definition) is 4. The summed E-state index contributed by atoms with van der Waals surface area (Å²) in [7, 11) is 0. The lowest BCUT2D eigenvalue weighted by atomic mass is 10.1. The fourth-order valence-corrected chi connectivity index (χ4v) is 4.18. The van der Waals surface area contributed by atoms with Crippen molar-refractivity contribution in [2.24, 2.45) is 0 Å². The van der Waals surface area contributed by atoms with Crippen LogP contribution in [-0.2, 0) is 0 Å². The third kappa shape index (κ3) is 5.74. The first kappa shape index (κ1) is 25.6. The molecule has 0 aliphatic heterocycles. The first-order chi connectivity index (χ1) is 18.1. The fraction of sp³-hybridized carbons (Fsp3) is 0.286. The van der Waals surface area contributed by atoms with Gasteiger partial charge < -0.3 is 15.4 Å². The van der Waals surface area contributed by atoms with E-state index in [4.69, 9.17) is 4.74 Å². The number of alkyl halides is 3. The molecule has 0 radical (unpaired) electrons. The van der Waals surface area contributed by atoms with Crippen molar-refractivity contribution in [3.63, 3.8) is 0 Å². The fourth-order valence-electron chi connectivity index (χ4n) is 4.18. The van der Waals surface area contributed by atoms with Crippen molar-refractivity contribution in [3.05, 3.63) is 77.4 Å². The molecule has 0 saturated heterocycles. The number of anilines is 1. The van der Waals surface area contributed by atoms with Crippen LogP contribution in [0.2, 0.25) is 0 Å². The Labute approximate surface area is 216 Å². The van der Waals surface area contributed by atoms with Crippen LogP contribution in [0.4, 0.5) is 23.2 Å². The molecule has 0 bridgehead atoms. The summed E-state index contributed by atoms with van der Waals surface area (Å²) in [6.45, 7) is 3.26. The summed E-state index contributed by atoms with van der Waals surface area (Å²) in [5, 5.41) is 5.80. The Morgan fingerprint density at radius 3 is 2.58 bits per heavy atom. The molecule has 6 nitrogen and oxygen atoms in total. The lowest BCUT2D eigenvalue weighted by Crippen LogP contribution is -2.26. The van der Waals surface area contributed by atoms with E-state index < -0.39 is 18.4 Å². The van der Waals surface area contributed by atoms with Crippen molar-refractivity contribution < 1.29 is 27.1 Å². The predicted molar refractivity (Wildman–Crippen MR) is 137 cm³/mol. The predicted octanol–water partition coefficient (Wildman–Crippen LogP) is 6.83. The second kappa shape index (κ2) is 10.00. The van der Waals surface area contributed by atoms with E-state index in [-0.39, 0.29) is 18.5 Å². The Morgan fingerprint density at radius 1 is 1.08 bits per heavy atom. The summed E-state index contributed by atoms with van der Waals surface area (Å²) < 4.78 is 60.0. The van der Waals surface area contributed by atoms with Gasteiger partial charge in [-0.2, -0.15) is 13.2 Å².